The molecule has 2 rings (SSSR count). The number of nitrogens with one attached hydrogen (secondary N) is 2. The molecule has 1 amide bonds. The van der Waals surface area contributed by atoms with Gasteiger partial charge in [-0.25, -0.2) is 13.9 Å². The Morgan fingerprint density at radius 2 is 1.85 bits per heavy atom. The van der Waals surface area contributed by atoms with E-state index in [9.17, 15) is 23.5 Å². The maximum atomic E-state index is 13.3. The second-order valence-electron chi connectivity index (χ2n) is 7.38. The lowest BCUT2D eigenvalue weighted by Gasteiger charge is -2.34. The van der Waals surface area contributed by atoms with Gasteiger partial charge in [0.2, 0.25) is 10.0 Å². The molecule has 1 heterocycles. The highest BCUT2D eigenvalue weighted by Crippen LogP contribution is 2.26. The maximum absolute atomic E-state index is 13.3. The van der Waals surface area contributed by atoms with Gasteiger partial charge in [-0.05, 0) is 68.5 Å². The number of rotatable bonds is 8. The van der Waals surface area contributed by atoms with Crippen molar-refractivity contribution in [2.75, 3.05) is 19.6 Å². The lowest BCUT2D eigenvalue weighted by Crippen LogP contribution is -2.51. The fourth-order valence-corrected chi connectivity index (χ4v) is 5.02. The molecule has 9 heteroatoms. The van der Waals surface area contributed by atoms with Gasteiger partial charge < -0.3 is 10.4 Å². The van der Waals surface area contributed by atoms with Gasteiger partial charge in [0.15, 0.2) is 0 Å². The van der Waals surface area contributed by atoms with E-state index in [0.717, 1.165) is 25.9 Å². The molecular weight excluding hydrogens is 370 g/mol. The van der Waals surface area contributed by atoms with Crippen molar-refractivity contribution in [3.05, 3.63) is 24.3 Å². The molecule has 1 aromatic carbocycles. The first kappa shape index (κ1) is 21.6. The van der Waals surface area contributed by atoms with Crippen molar-refractivity contribution >= 4 is 15.9 Å². The molecule has 4 N–H and O–H groups in total. The second-order valence-corrected chi connectivity index (χ2v) is 9.27. The third-order valence-electron chi connectivity index (χ3n) is 4.80. The molecule has 1 aromatic rings. The third-order valence-corrected chi connectivity index (χ3v) is 6.68. The van der Waals surface area contributed by atoms with Crippen LogP contribution >= 0.6 is 0 Å². The van der Waals surface area contributed by atoms with Crippen molar-refractivity contribution < 1.29 is 23.5 Å². The first-order valence-corrected chi connectivity index (χ1v) is 10.6. The van der Waals surface area contributed by atoms with Crippen LogP contribution in [0.2, 0.25) is 0 Å². The number of hydroxylamine groups is 1. The van der Waals surface area contributed by atoms with Gasteiger partial charge in [0.05, 0.1) is 4.90 Å². The zero-order valence-corrected chi connectivity index (χ0v) is 16.6. The summed E-state index contributed by atoms with van der Waals surface area (Å²) < 4.78 is 27.9. The molecule has 1 fully saturated rings. The quantitative estimate of drug-likeness (QED) is 0.386. The van der Waals surface area contributed by atoms with Crippen LogP contribution in [-0.4, -0.2) is 54.6 Å². The molecule has 152 valence electrons. The summed E-state index contributed by atoms with van der Waals surface area (Å²) in [5.74, 6) is -0.595. The van der Waals surface area contributed by atoms with Gasteiger partial charge in [-0.15, -0.1) is 0 Å². The first-order chi connectivity index (χ1) is 12.8. The number of sulfonamides is 1. The second kappa shape index (κ2) is 9.50. The monoisotopic (exact) mass is 399 g/mol. The van der Waals surface area contributed by atoms with Gasteiger partial charge in [-0.2, -0.15) is 4.31 Å². The van der Waals surface area contributed by atoms with Crippen molar-refractivity contribution in [1.29, 1.82) is 0 Å². The Morgan fingerprint density at radius 1 is 1.26 bits per heavy atom. The average Bonchev–Trinajstić information content (AvgIpc) is 2.64. The molecule has 0 spiro atoms. The van der Waals surface area contributed by atoms with Gasteiger partial charge in [0.1, 0.15) is 11.8 Å². The van der Waals surface area contributed by atoms with Crippen LogP contribution in [0, 0.1) is 11.8 Å². The van der Waals surface area contributed by atoms with Crippen LogP contribution in [0.1, 0.15) is 33.1 Å². The molecule has 0 bridgehead atoms. The highest BCUT2D eigenvalue weighted by atomic mass is 32.2. The van der Waals surface area contributed by atoms with Crippen molar-refractivity contribution in [2.45, 2.75) is 44.0 Å². The largest absolute Gasteiger partial charge is 0.508 e. The smallest absolute Gasteiger partial charge is 0.261 e. The molecule has 0 aliphatic carbocycles. The highest BCUT2D eigenvalue weighted by Gasteiger charge is 2.37. The van der Waals surface area contributed by atoms with E-state index in [1.165, 1.54) is 28.6 Å². The Bertz CT molecular complexity index is 715. The summed E-state index contributed by atoms with van der Waals surface area (Å²) in [5, 5.41) is 21.9. The van der Waals surface area contributed by atoms with Crippen LogP contribution in [0.25, 0.3) is 0 Å². The molecule has 0 radical (unpaired) electrons. The first-order valence-electron chi connectivity index (χ1n) is 9.21. The molecule has 1 aliphatic rings. The summed E-state index contributed by atoms with van der Waals surface area (Å²) in [6.45, 7) is 5.61. The number of piperidine rings is 1. The highest BCUT2D eigenvalue weighted by molar-refractivity contribution is 7.89. The molecule has 0 saturated carbocycles. The maximum Gasteiger partial charge on any atom is 0.261 e. The SMILES string of the molecule is CC(C)C[C@H](C(=O)NO)N(CC1CCNCC1)S(=O)(=O)c1ccc(O)cc1. The van der Waals surface area contributed by atoms with E-state index < -0.39 is 22.0 Å². The summed E-state index contributed by atoms with van der Waals surface area (Å²) in [6.07, 6.45) is 1.92. The number of amides is 1. The van der Waals surface area contributed by atoms with Crippen molar-refractivity contribution in [3.8, 4) is 5.75 Å². The number of carbonyl (C=O) groups is 1. The number of benzene rings is 1. The van der Waals surface area contributed by atoms with Crippen molar-refractivity contribution in [2.24, 2.45) is 11.8 Å². The lowest BCUT2D eigenvalue weighted by molar-refractivity contribution is -0.133. The summed E-state index contributed by atoms with van der Waals surface area (Å²) in [7, 11) is -3.99. The van der Waals surface area contributed by atoms with Crippen LogP contribution in [0.3, 0.4) is 0 Å². The zero-order valence-electron chi connectivity index (χ0n) is 15.8. The summed E-state index contributed by atoms with van der Waals surface area (Å²) in [4.78, 5) is 12.4. The number of phenols is 1. The predicted molar refractivity (Wildman–Crippen MR) is 101 cm³/mol. The van der Waals surface area contributed by atoms with E-state index in [1.807, 2.05) is 13.8 Å². The lowest BCUT2D eigenvalue weighted by atomic mass is 9.96. The van der Waals surface area contributed by atoms with E-state index >= 15 is 0 Å². The number of carbonyl (C=O) groups excluding carboxylic acids is 1. The van der Waals surface area contributed by atoms with Crippen LogP contribution in [0.4, 0.5) is 0 Å². The fourth-order valence-electron chi connectivity index (χ4n) is 3.34. The van der Waals surface area contributed by atoms with E-state index in [1.54, 1.807) is 5.48 Å². The van der Waals surface area contributed by atoms with E-state index in [4.69, 9.17) is 0 Å². The molecule has 27 heavy (non-hydrogen) atoms. The predicted octanol–water partition coefficient (Wildman–Crippen LogP) is 1.30. The third kappa shape index (κ3) is 5.65. The van der Waals surface area contributed by atoms with E-state index in [-0.39, 0.29) is 35.4 Å². The Balaban J connectivity index is 2.42. The number of nitrogens with zero attached hydrogens (tertiary/aromatic N) is 1. The summed E-state index contributed by atoms with van der Waals surface area (Å²) in [5.41, 5.74) is 1.62. The fraction of sp³-hybridized carbons (Fsp3) is 0.611. The topological polar surface area (TPSA) is 119 Å². The van der Waals surface area contributed by atoms with E-state index in [0.29, 0.717) is 0 Å². The molecule has 0 aromatic heterocycles. The minimum Gasteiger partial charge on any atom is -0.508 e. The van der Waals surface area contributed by atoms with Crippen molar-refractivity contribution in [3.63, 3.8) is 0 Å². The van der Waals surface area contributed by atoms with Crippen LogP contribution < -0.4 is 10.8 Å². The summed E-state index contributed by atoms with van der Waals surface area (Å²) in [6, 6.07) is 4.24. The van der Waals surface area contributed by atoms with Gasteiger partial charge in [-0.3, -0.25) is 10.0 Å². The molecule has 1 aliphatic heterocycles. The van der Waals surface area contributed by atoms with Gasteiger partial charge >= 0.3 is 0 Å². The van der Waals surface area contributed by atoms with Crippen LogP contribution in [0.5, 0.6) is 5.75 Å². The molecule has 1 atom stereocenters. The number of phenolic OH excluding ortho intramolecular Hbond substituents is 1. The zero-order chi connectivity index (χ0) is 20.0. The van der Waals surface area contributed by atoms with Gasteiger partial charge in [0.25, 0.3) is 5.91 Å². The Morgan fingerprint density at radius 3 is 2.37 bits per heavy atom. The number of hydrogen-bond donors (Lipinski definition) is 4. The number of aromatic hydroxyl groups is 1. The molecule has 0 unspecified atom stereocenters. The van der Waals surface area contributed by atoms with Crippen LogP contribution in [-0.2, 0) is 14.8 Å². The molecule has 8 nitrogen and oxygen atoms in total. The molecular formula is C18H29N3O5S. The molecule has 1 saturated heterocycles. The minimum atomic E-state index is -3.99. The van der Waals surface area contributed by atoms with Gasteiger partial charge in [0, 0.05) is 6.54 Å². The standard InChI is InChI=1S/C18H29N3O5S/c1-13(2)11-17(18(23)20-24)21(12-14-7-9-19-10-8-14)27(25,26)16-5-3-15(22)4-6-16/h3-6,13-14,17,19,22,24H,7-12H2,1-2H3,(H,20,23)/t17-/m1/s1. The average molecular weight is 400 g/mol. The van der Waals surface area contributed by atoms with Crippen LogP contribution in [0.15, 0.2) is 29.2 Å². The number of hydrogen-bond acceptors (Lipinski definition) is 6. The Labute approximate surface area is 160 Å². The van der Waals surface area contributed by atoms with E-state index in [2.05, 4.69) is 5.32 Å². The Kier molecular flexibility index (Phi) is 7.60. The van der Waals surface area contributed by atoms with Gasteiger partial charge in [-0.1, -0.05) is 13.8 Å². The minimum absolute atomic E-state index is 0.00808. The summed E-state index contributed by atoms with van der Waals surface area (Å²) >= 11 is 0. The normalized spacial score (nSPS) is 17.2. The Hall–Kier alpha value is -1.68. The van der Waals surface area contributed by atoms with Crippen molar-refractivity contribution in [1.82, 2.24) is 15.1 Å².